The lowest BCUT2D eigenvalue weighted by molar-refractivity contribution is -0.336. The van der Waals surface area contributed by atoms with Gasteiger partial charge in [0.15, 0.2) is 5.79 Å². The van der Waals surface area contributed by atoms with E-state index in [1.165, 1.54) is 14.0 Å². The number of nitrogens with zero attached hydrogens (tertiary/aromatic N) is 1. The Labute approximate surface area is 231 Å². The number of aldehydes is 1. The standard InChI is InChI=1S/C30H43NO8/c1-17(15-32)25-20(4)27(39-30(6,7)38-25)21(5)26(36-8)18(2)24(33)19(3)28(34)31-23(16-37-29(31)35)14-22-12-10-9-11-13-22/h9-13,15,17-21,23,25-27H,14,16H2,1-8H3/t17-,18-,19-,20-,21+,23-,25+,26+,27+/m0/s1. The number of cyclic esters (lactones) is 1. The predicted octanol–water partition coefficient (Wildman–Crippen LogP) is 4.06. The van der Waals surface area contributed by atoms with Crippen LogP contribution in [-0.2, 0) is 39.8 Å². The van der Waals surface area contributed by atoms with Gasteiger partial charge in [0, 0.05) is 30.8 Å². The van der Waals surface area contributed by atoms with Crippen LogP contribution < -0.4 is 0 Å². The normalized spacial score (nSPS) is 28.6. The quantitative estimate of drug-likeness (QED) is 0.303. The van der Waals surface area contributed by atoms with Gasteiger partial charge in [-0.15, -0.1) is 0 Å². The number of methoxy groups -OCH3 is 1. The van der Waals surface area contributed by atoms with Crippen LogP contribution in [0.15, 0.2) is 30.3 Å². The molecule has 0 radical (unpaired) electrons. The number of rotatable bonds is 11. The van der Waals surface area contributed by atoms with Crippen molar-refractivity contribution in [3.8, 4) is 0 Å². The Balaban J connectivity index is 1.75. The van der Waals surface area contributed by atoms with Crippen molar-refractivity contribution in [3.63, 3.8) is 0 Å². The van der Waals surface area contributed by atoms with Crippen molar-refractivity contribution in [2.45, 2.75) is 85.0 Å². The van der Waals surface area contributed by atoms with Crippen LogP contribution in [0.1, 0.15) is 54.0 Å². The molecule has 9 nitrogen and oxygen atoms in total. The zero-order chi connectivity index (χ0) is 29.1. The molecule has 1 aromatic rings. The van der Waals surface area contributed by atoms with E-state index in [0.717, 1.165) is 16.7 Å². The maximum Gasteiger partial charge on any atom is 0.417 e. The lowest BCUT2D eigenvalue weighted by atomic mass is 9.76. The highest BCUT2D eigenvalue weighted by Crippen LogP contribution is 2.39. The number of Topliss-reactive ketones (excluding diaryl/α,β-unsaturated/α-hetero) is 1. The van der Waals surface area contributed by atoms with Crippen LogP contribution in [0.4, 0.5) is 4.79 Å². The van der Waals surface area contributed by atoms with Gasteiger partial charge in [-0.05, 0) is 32.8 Å². The summed E-state index contributed by atoms with van der Waals surface area (Å²) in [5.41, 5.74) is 0.968. The van der Waals surface area contributed by atoms with E-state index in [2.05, 4.69) is 0 Å². The fraction of sp³-hybridized carbons (Fsp3) is 0.667. The van der Waals surface area contributed by atoms with Crippen LogP contribution in [0.5, 0.6) is 0 Å². The number of carbonyl (C=O) groups excluding carboxylic acids is 4. The minimum Gasteiger partial charge on any atom is -0.447 e. The van der Waals surface area contributed by atoms with Crippen LogP contribution >= 0.6 is 0 Å². The molecular weight excluding hydrogens is 502 g/mol. The number of hydrogen-bond donors (Lipinski definition) is 0. The Morgan fingerprint density at radius 3 is 2.31 bits per heavy atom. The highest BCUT2D eigenvalue weighted by Gasteiger charge is 2.49. The fourth-order valence-electron chi connectivity index (χ4n) is 6.05. The second-order valence-electron chi connectivity index (χ2n) is 11.5. The first kappa shape index (κ1) is 30.9. The number of amides is 2. The molecule has 9 heteroatoms. The van der Waals surface area contributed by atoms with Gasteiger partial charge in [-0.25, -0.2) is 9.69 Å². The zero-order valence-corrected chi connectivity index (χ0v) is 24.3. The van der Waals surface area contributed by atoms with Gasteiger partial charge >= 0.3 is 6.09 Å². The second-order valence-corrected chi connectivity index (χ2v) is 11.5. The summed E-state index contributed by atoms with van der Waals surface area (Å²) in [5.74, 6) is -4.31. The molecule has 0 aliphatic carbocycles. The third-order valence-corrected chi connectivity index (χ3v) is 8.17. The van der Waals surface area contributed by atoms with Crippen LogP contribution in [0, 0.1) is 29.6 Å². The molecule has 2 aliphatic rings. The van der Waals surface area contributed by atoms with Gasteiger partial charge in [0.25, 0.3) is 0 Å². The van der Waals surface area contributed by atoms with E-state index in [-0.39, 0.29) is 42.4 Å². The summed E-state index contributed by atoms with van der Waals surface area (Å²) >= 11 is 0. The van der Waals surface area contributed by atoms with Crippen LogP contribution in [-0.4, -0.2) is 72.8 Å². The van der Waals surface area contributed by atoms with Crippen molar-refractivity contribution >= 4 is 24.1 Å². The van der Waals surface area contributed by atoms with Crippen LogP contribution in [0.2, 0.25) is 0 Å². The molecule has 0 unspecified atom stereocenters. The van der Waals surface area contributed by atoms with Crippen molar-refractivity contribution < 1.29 is 38.1 Å². The van der Waals surface area contributed by atoms with Crippen molar-refractivity contribution in [3.05, 3.63) is 35.9 Å². The third-order valence-electron chi connectivity index (χ3n) is 8.17. The number of ether oxygens (including phenoxy) is 4. The molecule has 39 heavy (non-hydrogen) atoms. The van der Waals surface area contributed by atoms with E-state index >= 15 is 0 Å². The van der Waals surface area contributed by atoms with E-state index in [1.807, 2.05) is 51.1 Å². The molecule has 1 aromatic carbocycles. The van der Waals surface area contributed by atoms with Crippen molar-refractivity contribution in [2.24, 2.45) is 29.6 Å². The Hall–Kier alpha value is -2.62. The molecule has 0 aromatic heterocycles. The average molecular weight is 546 g/mol. The first-order chi connectivity index (χ1) is 18.3. The lowest BCUT2D eigenvalue weighted by Gasteiger charge is -2.49. The summed E-state index contributed by atoms with van der Waals surface area (Å²) in [6, 6.07) is 9.05. The molecule has 0 saturated carbocycles. The Bertz CT molecular complexity index is 1030. The largest absolute Gasteiger partial charge is 0.447 e. The monoisotopic (exact) mass is 545 g/mol. The summed E-state index contributed by atoms with van der Waals surface area (Å²) in [6.07, 6.45) is -0.700. The molecule has 9 atom stereocenters. The first-order valence-corrected chi connectivity index (χ1v) is 13.7. The summed E-state index contributed by atoms with van der Waals surface area (Å²) in [5, 5.41) is 0. The fourth-order valence-corrected chi connectivity index (χ4v) is 6.05. The molecule has 2 saturated heterocycles. The van der Waals surface area contributed by atoms with Gasteiger partial charge in [-0.3, -0.25) is 9.59 Å². The smallest absolute Gasteiger partial charge is 0.417 e. The van der Waals surface area contributed by atoms with Crippen molar-refractivity contribution in [1.29, 1.82) is 0 Å². The minimum absolute atomic E-state index is 0.0861. The maximum atomic E-state index is 13.6. The molecule has 0 bridgehead atoms. The number of hydrogen-bond acceptors (Lipinski definition) is 8. The van der Waals surface area contributed by atoms with Gasteiger partial charge in [0.1, 0.15) is 18.7 Å². The summed E-state index contributed by atoms with van der Waals surface area (Å²) < 4.78 is 23.4. The summed E-state index contributed by atoms with van der Waals surface area (Å²) in [7, 11) is 1.53. The minimum atomic E-state index is -1.07. The highest BCUT2D eigenvalue weighted by molar-refractivity contribution is 6.07. The van der Waals surface area contributed by atoms with E-state index in [9.17, 15) is 19.2 Å². The summed E-state index contributed by atoms with van der Waals surface area (Å²) in [6.45, 7) is 12.7. The number of ketones is 1. The average Bonchev–Trinajstić information content (AvgIpc) is 3.28. The molecular formula is C30H43NO8. The van der Waals surface area contributed by atoms with Gasteiger partial charge in [0.05, 0.1) is 30.3 Å². The van der Waals surface area contributed by atoms with Crippen LogP contribution in [0.3, 0.4) is 0 Å². The molecule has 2 aliphatic heterocycles. The van der Waals surface area contributed by atoms with Gasteiger partial charge in [-0.1, -0.05) is 58.0 Å². The van der Waals surface area contributed by atoms with Crippen LogP contribution in [0.25, 0.3) is 0 Å². The number of benzene rings is 1. The Morgan fingerprint density at radius 1 is 1.10 bits per heavy atom. The number of imide groups is 1. The van der Waals surface area contributed by atoms with Gasteiger partial charge < -0.3 is 23.7 Å². The van der Waals surface area contributed by atoms with E-state index in [1.54, 1.807) is 20.8 Å². The Morgan fingerprint density at radius 2 is 1.72 bits per heavy atom. The highest BCUT2D eigenvalue weighted by atomic mass is 16.7. The molecule has 3 rings (SSSR count). The first-order valence-electron chi connectivity index (χ1n) is 13.7. The van der Waals surface area contributed by atoms with E-state index < -0.39 is 41.8 Å². The molecule has 0 N–H and O–H groups in total. The van der Waals surface area contributed by atoms with Gasteiger partial charge in [-0.2, -0.15) is 0 Å². The predicted molar refractivity (Wildman–Crippen MR) is 144 cm³/mol. The molecule has 2 amide bonds. The maximum absolute atomic E-state index is 13.6. The molecule has 2 heterocycles. The Kier molecular flexibility index (Phi) is 10.1. The molecule has 216 valence electrons. The van der Waals surface area contributed by atoms with E-state index in [4.69, 9.17) is 18.9 Å². The topological polar surface area (TPSA) is 108 Å². The number of carbonyl (C=O) groups is 4. The van der Waals surface area contributed by atoms with Gasteiger partial charge in [0.2, 0.25) is 5.91 Å². The second kappa shape index (κ2) is 12.7. The molecule has 0 spiro atoms. The molecule has 2 fully saturated rings. The SMILES string of the molecule is CO[C@@H]([C@@H](C)[C@@H]1OC(C)(C)O[C@H]([C@@H](C)C=O)[C@@H]1C)[C@@H](C)C(=O)[C@H](C)C(=O)N1C(=O)OC[C@@H]1Cc1ccccc1. The summed E-state index contributed by atoms with van der Waals surface area (Å²) in [4.78, 5) is 52.3. The third kappa shape index (κ3) is 6.76. The zero-order valence-electron chi connectivity index (χ0n) is 24.3. The van der Waals surface area contributed by atoms with Crippen molar-refractivity contribution in [2.75, 3.05) is 13.7 Å². The van der Waals surface area contributed by atoms with Crippen molar-refractivity contribution in [1.82, 2.24) is 4.90 Å². The van der Waals surface area contributed by atoms with E-state index in [0.29, 0.717) is 6.42 Å². The lowest BCUT2D eigenvalue weighted by Crippen LogP contribution is -2.57.